The largest absolute Gasteiger partial charge is 0.336 e. The van der Waals surface area contributed by atoms with Crippen molar-refractivity contribution in [2.45, 2.75) is 19.9 Å². The summed E-state index contributed by atoms with van der Waals surface area (Å²) in [7, 11) is 0. The molecule has 0 saturated carbocycles. The Kier molecular flexibility index (Phi) is 3.64. The second-order valence-corrected chi connectivity index (χ2v) is 4.25. The molecule has 92 valence electrons. The Balaban J connectivity index is 2.10. The van der Waals surface area contributed by atoms with E-state index >= 15 is 0 Å². The first kappa shape index (κ1) is 11.9. The minimum absolute atomic E-state index is 0.00233. The number of nitrogens with zero attached hydrogens (tertiary/aromatic N) is 1. The van der Waals surface area contributed by atoms with Gasteiger partial charge in [0.1, 0.15) is 0 Å². The van der Waals surface area contributed by atoms with Crippen molar-refractivity contribution in [2.24, 2.45) is 0 Å². The third kappa shape index (κ3) is 2.58. The van der Waals surface area contributed by atoms with Crippen LogP contribution in [0.5, 0.6) is 0 Å². The van der Waals surface area contributed by atoms with E-state index in [1.165, 1.54) is 5.56 Å². The maximum atomic E-state index is 11.5. The van der Waals surface area contributed by atoms with Gasteiger partial charge in [0.15, 0.2) is 0 Å². The van der Waals surface area contributed by atoms with Gasteiger partial charge >= 0.3 is 6.03 Å². The number of carbonyl (C=O) groups is 1. The highest BCUT2D eigenvalue weighted by Gasteiger charge is 2.20. The highest BCUT2D eigenvalue weighted by molar-refractivity contribution is 5.93. The fourth-order valence-electron chi connectivity index (χ4n) is 2.08. The van der Waals surface area contributed by atoms with E-state index in [2.05, 4.69) is 36.6 Å². The summed E-state index contributed by atoms with van der Waals surface area (Å²) >= 11 is 0. The predicted molar refractivity (Wildman–Crippen MR) is 69.3 cm³/mol. The van der Waals surface area contributed by atoms with Crippen LogP contribution in [0.4, 0.5) is 10.5 Å². The third-order valence-corrected chi connectivity index (χ3v) is 3.07. The zero-order valence-corrected chi connectivity index (χ0v) is 10.4. The molecule has 0 aliphatic carbocycles. The average Bonchev–Trinajstić information content (AvgIpc) is 2.76. The van der Waals surface area contributed by atoms with Gasteiger partial charge in [-0.1, -0.05) is 19.1 Å². The molecule has 0 bridgehead atoms. The highest BCUT2D eigenvalue weighted by atomic mass is 16.2. The summed E-state index contributed by atoms with van der Waals surface area (Å²) in [6, 6.07) is 8.52. The van der Waals surface area contributed by atoms with Crippen LogP contribution in [0.2, 0.25) is 0 Å². The molecule has 4 heteroatoms. The van der Waals surface area contributed by atoms with Crippen molar-refractivity contribution in [3.8, 4) is 0 Å². The second kappa shape index (κ2) is 5.19. The van der Waals surface area contributed by atoms with Gasteiger partial charge in [-0.2, -0.15) is 0 Å². The maximum Gasteiger partial charge on any atom is 0.321 e. The molecule has 0 aromatic heterocycles. The average molecular weight is 233 g/mol. The number of anilines is 1. The van der Waals surface area contributed by atoms with E-state index in [1.54, 1.807) is 4.90 Å². The Morgan fingerprint density at radius 2 is 2.12 bits per heavy atom. The fourth-order valence-corrected chi connectivity index (χ4v) is 2.08. The zero-order chi connectivity index (χ0) is 12.3. The Morgan fingerprint density at radius 3 is 2.65 bits per heavy atom. The van der Waals surface area contributed by atoms with Gasteiger partial charge < -0.3 is 10.6 Å². The molecule has 1 aliphatic rings. The minimum atomic E-state index is -0.00233. The summed E-state index contributed by atoms with van der Waals surface area (Å²) in [6.07, 6.45) is 0. The SMILES string of the molecule is CCNC(C)c1ccc(N2CCNC2=O)cc1. The molecule has 1 aliphatic heterocycles. The van der Waals surface area contributed by atoms with E-state index in [4.69, 9.17) is 0 Å². The van der Waals surface area contributed by atoms with Crippen molar-refractivity contribution in [3.05, 3.63) is 29.8 Å². The van der Waals surface area contributed by atoms with E-state index in [1.807, 2.05) is 12.1 Å². The Hall–Kier alpha value is -1.55. The van der Waals surface area contributed by atoms with Crippen LogP contribution in [0.1, 0.15) is 25.5 Å². The first-order chi connectivity index (χ1) is 8.22. The molecule has 1 aromatic carbocycles. The van der Waals surface area contributed by atoms with Crippen LogP contribution >= 0.6 is 0 Å². The predicted octanol–water partition coefficient (Wildman–Crippen LogP) is 1.89. The van der Waals surface area contributed by atoms with Gasteiger partial charge in [-0.3, -0.25) is 4.90 Å². The Labute approximate surface area is 102 Å². The molecule has 0 spiro atoms. The molecule has 2 amide bonds. The lowest BCUT2D eigenvalue weighted by atomic mass is 10.1. The monoisotopic (exact) mass is 233 g/mol. The number of benzene rings is 1. The molecule has 1 saturated heterocycles. The standard InChI is InChI=1S/C13H19N3O/c1-3-14-10(2)11-4-6-12(7-5-11)16-9-8-15-13(16)17/h4-7,10,14H,3,8-9H2,1-2H3,(H,15,17). The van der Waals surface area contributed by atoms with Crippen LogP contribution < -0.4 is 15.5 Å². The van der Waals surface area contributed by atoms with E-state index < -0.39 is 0 Å². The number of rotatable bonds is 4. The van der Waals surface area contributed by atoms with Crippen LogP contribution in [-0.2, 0) is 0 Å². The molecule has 1 fully saturated rings. The summed E-state index contributed by atoms with van der Waals surface area (Å²) in [4.78, 5) is 13.3. The Bertz CT molecular complexity index is 388. The number of hydrogen-bond donors (Lipinski definition) is 2. The van der Waals surface area contributed by atoms with E-state index in [-0.39, 0.29) is 6.03 Å². The molecule has 4 nitrogen and oxygen atoms in total. The van der Waals surface area contributed by atoms with E-state index in [9.17, 15) is 4.79 Å². The number of carbonyl (C=O) groups excluding carboxylic acids is 1. The molecule has 1 unspecified atom stereocenters. The summed E-state index contributed by atoms with van der Waals surface area (Å²) in [5, 5.41) is 6.17. The summed E-state index contributed by atoms with van der Waals surface area (Å²) < 4.78 is 0. The van der Waals surface area contributed by atoms with Crippen molar-refractivity contribution in [1.82, 2.24) is 10.6 Å². The first-order valence-electron chi connectivity index (χ1n) is 6.11. The van der Waals surface area contributed by atoms with Gasteiger partial charge in [0.25, 0.3) is 0 Å². The molecule has 1 heterocycles. The van der Waals surface area contributed by atoms with Crippen molar-refractivity contribution >= 4 is 11.7 Å². The number of urea groups is 1. The van der Waals surface area contributed by atoms with Crippen molar-refractivity contribution in [2.75, 3.05) is 24.5 Å². The minimum Gasteiger partial charge on any atom is -0.336 e. The molecule has 1 atom stereocenters. The quantitative estimate of drug-likeness (QED) is 0.834. The molecular formula is C13H19N3O. The Morgan fingerprint density at radius 1 is 1.41 bits per heavy atom. The molecule has 17 heavy (non-hydrogen) atoms. The van der Waals surface area contributed by atoms with Gasteiger partial charge in [-0.05, 0) is 31.2 Å². The normalized spacial score (nSPS) is 17.1. The van der Waals surface area contributed by atoms with Crippen molar-refractivity contribution in [3.63, 3.8) is 0 Å². The van der Waals surface area contributed by atoms with Crippen LogP contribution in [-0.4, -0.2) is 25.7 Å². The van der Waals surface area contributed by atoms with E-state index in [0.717, 1.165) is 25.3 Å². The van der Waals surface area contributed by atoms with Gasteiger partial charge in [-0.15, -0.1) is 0 Å². The summed E-state index contributed by atoms with van der Waals surface area (Å²) in [5.74, 6) is 0. The number of nitrogens with one attached hydrogen (secondary N) is 2. The number of amides is 2. The molecule has 0 radical (unpaired) electrons. The summed E-state index contributed by atoms with van der Waals surface area (Å²) in [5.41, 5.74) is 2.21. The topological polar surface area (TPSA) is 44.4 Å². The lowest BCUT2D eigenvalue weighted by Crippen LogP contribution is -2.27. The lowest BCUT2D eigenvalue weighted by molar-refractivity contribution is 0.252. The van der Waals surface area contributed by atoms with Gasteiger partial charge in [0.2, 0.25) is 0 Å². The van der Waals surface area contributed by atoms with E-state index in [0.29, 0.717) is 6.04 Å². The summed E-state index contributed by atoms with van der Waals surface area (Å²) in [6.45, 7) is 6.67. The van der Waals surface area contributed by atoms with Crippen molar-refractivity contribution in [1.29, 1.82) is 0 Å². The first-order valence-corrected chi connectivity index (χ1v) is 6.11. The van der Waals surface area contributed by atoms with Gasteiger partial charge in [0.05, 0.1) is 0 Å². The van der Waals surface area contributed by atoms with Crippen LogP contribution in [0.25, 0.3) is 0 Å². The zero-order valence-electron chi connectivity index (χ0n) is 10.4. The van der Waals surface area contributed by atoms with Crippen LogP contribution in [0, 0.1) is 0 Å². The van der Waals surface area contributed by atoms with Crippen molar-refractivity contribution < 1.29 is 4.79 Å². The molecular weight excluding hydrogens is 214 g/mol. The smallest absolute Gasteiger partial charge is 0.321 e. The lowest BCUT2D eigenvalue weighted by Gasteiger charge is -2.17. The number of hydrogen-bond acceptors (Lipinski definition) is 2. The molecule has 2 N–H and O–H groups in total. The van der Waals surface area contributed by atoms with Crippen LogP contribution in [0.3, 0.4) is 0 Å². The second-order valence-electron chi connectivity index (χ2n) is 4.25. The highest BCUT2D eigenvalue weighted by Crippen LogP contribution is 2.20. The van der Waals surface area contributed by atoms with Crippen LogP contribution in [0.15, 0.2) is 24.3 Å². The molecule has 1 aromatic rings. The maximum absolute atomic E-state index is 11.5. The van der Waals surface area contributed by atoms with Gasteiger partial charge in [-0.25, -0.2) is 4.79 Å². The third-order valence-electron chi connectivity index (χ3n) is 3.07. The molecule has 2 rings (SSSR count). The fraction of sp³-hybridized carbons (Fsp3) is 0.462. The van der Waals surface area contributed by atoms with Gasteiger partial charge in [0, 0.05) is 24.8 Å².